The van der Waals surface area contributed by atoms with Crippen LogP contribution in [0.25, 0.3) is 10.8 Å². The van der Waals surface area contributed by atoms with E-state index in [9.17, 15) is 24.3 Å². The van der Waals surface area contributed by atoms with E-state index in [2.05, 4.69) is 0 Å². The van der Waals surface area contributed by atoms with Crippen LogP contribution in [0.2, 0.25) is 0 Å². The summed E-state index contributed by atoms with van der Waals surface area (Å²) in [5, 5.41) is 10.4. The third-order valence-corrected chi connectivity index (χ3v) is 6.81. The van der Waals surface area contributed by atoms with Gasteiger partial charge in [0.05, 0.1) is 17.8 Å². The minimum Gasteiger partial charge on any atom is -0.394 e. The SMILES string of the molecule is CCc1cccc(C)c1N1C(=O)c2ccc3c4c(ccc(c24)C1=O)C(=O)N(C(C)(C)CO)C3=O. The number of rotatable bonds is 4. The molecular weight excluding hydrogens is 432 g/mol. The first-order valence-corrected chi connectivity index (χ1v) is 11.2. The molecule has 1 N–H and O–H groups in total. The van der Waals surface area contributed by atoms with Gasteiger partial charge in [0.15, 0.2) is 0 Å². The lowest BCUT2D eigenvalue weighted by atomic mass is 9.84. The van der Waals surface area contributed by atoms with Crippen LogP contribution < -0.4 is 4.90 Å². The molecule has 0 saturated heterocycles. The highest BCUT2D eigenvalue weighted by Gasteiger charge is 2.44. The maximum absolute atomic E-state index is 13.7. The van der Waals surface area contributed by atoms with Crippen molar-refractivity contribution < 1.29 is 24.3 Å². The molecule has 0 atom stereocenters. The summed E-state index contributed by atoms with van der Waals surface area (Å²) in [7, 11) is 0. The number of carbonyl (C=O) groups is 4. The van der Waals surface area contributed by atoms with Gasteiger partial charge in [0.1, 0.15) is 0 Å². The van der Waals surface area contributed by atoms with Gasteiger partial charge in [0.2, 0.25) is 0 Å². The third-order valence-electron chi connectivity index (χ3n) is 6.81. The average Bonchev–Trinajstić information content (AvgIpc) is 2.82. The van der Waals surface area contributed by atoms with Crippen LogP contribution in [0.3, 0.4) is 0 Å². The van der Waals surface area contributed by atoms with E-state index in [0.717, 1.165) is 16.0 Å². The van der Waals surface area contributed by atoms with E-state index in [0.29, 0.717) is 22.9 Å². The highest BCUT2D eigenvalue weighted by molar-refractivity contribution is 6.39. The first-order valence-electron chi connectivity index (χ1n) is 11.2. The zero-order chi connectivity index (χ0) is 24.5. The van der Waals surface area contributed by atoms with Gasteiger partial charge in [-0.05, 0) is 62.6 Å². The van der Waals surface area contributed by atoms with Crippen molar-refractivity contribution in [2.24, 2.45) is 0 Å². The topological polar surface area (TPSA) is 95.0 Å². The molecule has 0 bridgehead atoms. The average molecular weight is 456 g/mol. The van der Waals surface area contributed by atoms with Crippen molar-refractivity contribution in [3.8, 4) is 0 Å². The molecule has 0 aliphatic carbocycles. The molecule has 5 rings (SSSR count). The van der Waals surface area contributed by atoms with Crippen LogP contribution in [0, 0.1) is 6.92 Å². The van der Waals surface area contributed by atoms with Gasteiger partial charge in [-0.2, -0.15) is 0 Å². The smallest absolute Gasteiger partial charge is 0.266 e. The highest BCUT2D eigenvalue weighted by atomic mass is 16.3. The number of aryl methyl sites for hydroxylation is 2. The van der Waals surface area contributed by atoms with Crippen molar-refractivity contribution in [2.75, 3.05) is 11.5 Å². The van der Waals surface area contributed by atoms with Crippen LogP contribution in [-0.2, 0) is 6.42 Å². The minimum atomic E-state index is -1.11. The molecule has 4 amide bonds. The van der Waals surface area contributed by atoms with Gasteiger partial charge >= 0.3 is 0 Å². The summed E-state index contributed by atoms with van der Waals surface area (Å²) >= 11 is 0. The molecule has 3 aromatic carbocycles. The van der Waals surface area contributed by atoms with Gasteiger partial charge in [0.25, 0.3) is 23.6 Å². The number of para-hydroxylation sites is 1. The van der Waals surface area contributed by atoms with Crippen molar-refractivity contribution in [1.82, 2.24) is 4.90 Å². The second kappa shape index (κ2) is 7.33. The highest BCUT2D eigenvalue weighted by Crippen LogP contribution is 2.41. The fourth-order valence-corrected chi connectivity index (χ4v) is 5.02. The number of carbonyl (C=O) groups excluding carboxylic acids is 4. The molecule has 3 aromatic rings. The maximum atomic E-state index is 13.7. The molecule has 7 nitrogen and oxygen atoms in total. The summed E-state index contributed by atoms with van der Waals surface area (Å²) in [6.45, 7) is 6.64. The van der Waals surface area contributed by atoms with Gasteiger partial charge in [-0.15, -0.1) is 0 Å². The molecule has 0 spiro atoms. The van der Waals surface area contributed by atoms with Gasteiger partial charge in [0, 0.05) is 33.0 Å². The Labute approximate surface area is 196 Å². The van der Waals surface area contributed by atoms with E-state index >= 15 is 0 Å². The number of benzene rings is 3. The number of aliphatic hydroxyl groups is 1. The van der Waals surface area contributed by atoms with E-state index < -0.39 is 35.8 Å². The summed E-state index contributed by atoms with van der Waals surface area (Å²) < 4.78 is 0. The van der Waals surface area contributed by atoms with Crippen LogP contribution in [0.15, 0.2) is 42.5 Å². The molecular formula is C27H24N2O5. The monoisotopic (exact) mass is 456 g/mol. The van der Waals surface area contributed by atoms with Gasteiger partial charge in [-0.25, -0.2) is 4.90 Å². The lowest BCUT2D eigenvalue weighted by molar-refractivity contribution is 0.0307. The van der Waals surface area contributed by atoms with Crippen molar-refractivity contribution in [2.45, 2.75) is 39.7 Å². The van der Waals surface area contributed by atoms with E-state index in [1.165, 1.54) is 17.0 Å². The van der Waals surface area contributed by atoms with Crippen LogP contribution in [-0.4, -0.2) is 45.8 Å². The quantitative estimate of drug-likeness (QED) is 0.602. The predicted octanol–water partition coefficient (Wildman–Crippen LogP) is 3.88. The lowest BCUT2D eigenvalue weighted by Gasteiger charge is -2.39. The van der Waals surface area contributed by atoms with Gasteiger partial charge in [-0.3, -0.25) is 24.1 Å². The number of aliphatic hydroxyl groups excluding tert-OH is 1. The van der Waals surface area contributed by atoms with Gasteiger partial charge in [-0.1, -0.05) is 25.1 Å². The molecule has 172 valence electrons. The molecule has 0 fully saturated rings. The number of amides is 4. The molecule has 2 heterocycles. The second-order valence-electron chi connectivity index (χ2n) is 9.37. The Balaban J connectivity index is 1.77. The number of hydrogen-bond donors (Lipinski definition) is 1. The van der Waals surface area contributed by atoms with E-state index in [1.54, 1.807) is 26.0 Å². The summed E-state index contributed by atoms with van der Waals surface area (Å²) in [4.78, 5) is 56.3. The Hall–Kier alpha value is -3.84. The molecule has 34 heavy (non-hydrogen) atoms. The van der Waals surface area contributed by atoms with E-state index in [-0.39, 0.29) is 22.3 Å². The molecule has 0 aromatic heterocycles. The largest absolute Gasteiger partial charge is 0.394 e. The third kappa shape index (κ3) is 2.73. The second-order valence-corrected chi connectivity index (χ2v) is 9.37. The van der Waals surface area contributed by atoms with Gasteiger partial charge < -0.3 is 5.11 Å². The summed E-state index contributed by atoms with van der Waals surface area (Å²) in [6.07, 6.45) is 0.647. The predicted molar refractivity (Wildman–Crippen MR) is 127 cm³/mol. The Kier molecular flexibility index (Phi) is 4.74. The number of imide groups is 2. The molecule has 0 unspecified atom stereocenters. The van der Waals surface area contributed by atoms with Crippen LogP contribution in [0.5, 0.6) is 0 Å². The van der Waals surface area contributed by atoms with Crippen LogP contribution in [0.4, 0.5) is 5.69 Å². The number of anilines is 1. The lowest BCUT2D eigenvalue weighted by Crippen LogP contribution is -2.55. The first-order chi connectivity index (χ1) is 16.1. The van der Waals surface area contributed by atoms with Crippen LogP contribution >= 0.6 is 0 Å². The molecule has 2 aliphatic heterocycles. The normalized spacial score (nSPS) is 15.6. The summed E-state index contributed by atoms with van der Waals surface area (Å²) in [6, 6.07) is 11.8. The van der Waals surface area contributed by atoms with Crippen molar-refractivity contribution in [3.63, 3.8) is 0 Å². The minimum absolute atomic E-state index is 0.232. The van der Waals surface area contributed by atoms with E-state index in [1.807, 2.05) is 32.0 Å². The molecule has 2 aliphatic rings. The van der Waals surface area contributed by atoms with Crippen LogP contribution in [0.1, 0.15) is 73.3 Å². The Morgan fingerprint density at radius 1 is 0.765 bits per heavy atom. The van der Waals surface area contributed by atoms with Crippen molar-refractivity contribution >= 4 is 40.1 Å². The van der Waals surface area contributed by atoms with E-state index in [4.69, 9.17) is 0 Å². The first kappa shape index (κ1) is 22.0. The summed E-state index contributed by atoms with van der Waals surface area (Å²) in [5.74, 6) is -2.09. The number of nitrogens with zero attached hydrogens (tertiary/aromatic N) is 2. The fourth-order valence-electron chi connectivity index (χ4n) is 5.02. The summed E-state index contributed by atoms with van der Waals surface area (Å²) in [5.41, 5.74) is 2.15. The number of hydrogen-bond acceptors (Lipinski definition) is 5. The Bertz CT molecular complexity index is 1380. The Morgan fingerprint density at radius 3 is 1.68 bits per heavy atom. The zero-order valence-corrected chi connectivity index (χ0v) is 19.4. The Morgan fingerprint density at radius 2 is 1.24 bits per heavy atom. The molecule has 0 radical (unpaired) electrons. The van der Waals surface area contributed by atoms with Crippen molar-refractivity contribution in [3.05, 3.63) is 75.8 Å². The fraction of sp³-hybridized carbons (Fsp3) is 0.259. The standard InChI is InChI=1S/C27H24N2O5/c1-5-15-8-6-7-14(2)22(15)28-23(31)16-9-11-18-21-19(12-10-17(20(16)21)24(28)32)26(34)29(25(18)33)27(3,4)13-30/h6-12,30H,5,13H2,1-4H3. The molecule has 7 heteroatoms. The maximum Gasteiger partial charge on any atom is 0.266 e. The van der Waals surface area contributed by atoms with Crippen molar-refractivity contribution in [1.29, 1.82) is 0 Å². The zero-order valence-electron chi connectivity index (χ0n) is 19.4. The molecule has 0 saturated carbocycles.